The molecule has 0 spiro atoms. The van der Waals surface area contributed by atoms with Crippen LogP contribution in [0.25, 0.3) is 12.2 Å². The van der Waals surface area contributed by atoms with Crippen molar-refractivity contribution >= 4 is 24.1 Å². The highest BCUT2D eigenvalue weighted by atomic mass is 16.6. The molecule has 1 aliphatic rings. The van der Waals surface area contributed by atoms with E-state index in [1.54, 1.807) is 12.2 Å². The fourth-order valence-corrected chi connectivity index (χ4v) is 2.12. The van der Waals surface area contributed by atoms with Gasteiger partial charge in [0, 0.05) is 0 Å². The maximum absolute atomic E-state index is 11.8. The molecule has 0 unspecified atom stereocenters. The summed E-state index contributed by atoms with van der Waals surface area (Å²) in [5.41, 5.74) is 2.27. The van der Waals surface area contributed by atoms with E-state index in [-0.39, 0.29) is 11.1 Å². The Balaban J connectivity index is 2.05. The van der Waals surface area contributed by atoms with Crippen LogP contribution in [0.3, 0.4) is 0 Å². The molecule has 0 bridgehead atoms. The van der Waals surface area contributed by atoms with E-state index < -0.39 is 11.9 Å². The highest BCUT2D eigenvalue weighted by Gasteiger charge is 2.33. The Hall–Kier alpha value is -2.94. The first-order valence-electron chi connectivity index (χ1n) is 6.54. The lowest BCUT2D eigenvalue weighted by Crippen LogP contribution is -1.97. The van der Waals surface area contributed by atoms with Crippen molar-refractivity contribution in [2.45, 2.75) is 0 Å². The maximum atomic E-state index is 11.8. The molecular weight excluding hydrogens is 264 g/mol. The van der Waals surface area contributed by atoms with Crippen molar-refractivity contribution in [3.8, 4) is 0 Å². The lowest BCUT2D eigenvalue weighted by molar-refractivity contribution is -0.149. The van der Waals surface area contributed by atoms with Gasteiger partial charge in [-0.3, -0.25) is 0 Å². The molecule has 0 saturated carbocycles. The molecule has 1 fully saturated rings. The van der Waals surface area contributed by atoms with Crippen molar-refractivity contribution in [3.05, 3.63) is 82.9 Å². The number of cyclic esters (lactones) is 2. The number of ether oxygens (including phenoxy) is 1. The number of carbonyl (C=O) groups is 2. The molecule has 3 nitrogen and oxygen atoms in total. The maximum Gasteiger partial charge on any atom is 0.346 e. The molecule has 3 heteroatoms. The minimum Gasteiger partial charge on any atom is -0.386 e. The van der Waals surface area contributed by atoms with Gasteiger partial charge in [-0.25, -0.2) is 9.59 Å². The minimum atomic E-state index is -0.606. The van der Waals surface area contributed by atoms with Crippen LogP contribution in [0.4, 0.5) is 0 Å². The van der Waals surface area contributed by atoms with Crippen LogP contribution >= 0.6 is 0 Å². The lowest BCUT2D eigenvalue weighted by Gasteiger charge is -1.97. The van der Waals surface area contributed by atoms with Crippen LogP contribution in [-0.2, 0) is 14.3 Å². The quantitative estimate of drug-likeness (QED) is 0.480. The Bertz CT molecular complexity index is 675. The number of esters is 2. The van der Waals surface area contributed by atoms with E-state index >= 15 is 0 Å². The molecule has 1 saturated heterocycles. The van der Waals surface area contributed by atoms with Gasteiger partial charge in [-0.2, -0.15) is 0 Å². The van der Waals surface area contributed by atoms with Crippen LogP contribution in [-0.4, -0.2) is 11.9 Å². The van der Waals surface area contributed by atoms with Gasteiger partial charge < -0.3 is 4.74 Å². The average molecular weight is 276 g/mol. The van der Waals surface area contributed by atoms with Gasteiger partial charge >= 0.3 is 11.9 Å². The molecule has 21 heavy (non-hydrogen) atoms. The Labute approximate surface area is 122 Å². The summed E-state index contributed by atoms with van der Waals surface area (Å²) in [5, 5.41) is 0. The number of benzene rings is 2. The first-order chi connectivity index (χ1) is 10.2. The second kappa shape index (κ2) is 5.59. The highest BCUT2D eigenvalue weighted by Crippen LogP contribution is 2.26. The second-order valence-electron chi connectivity index (χ2n) is 4.61. The molecule has 1 aliphatic heterocycles. The number of carbonyl (C=O) groups excluding carboxylic acids is 2. The molecule has 1 heterocycles. The number of hydrogen-bond donors (Lipinski definition) is 0. The van der Waals surface area contributed by atoms with Crippen molar-refractivity contribution in [3.63, 3.8) is 0 Å². The van der Waals surface area contributed by atoms with Crippen LogP contribution in [0, 0.1) is 0 Å². The smallest absolute Gasteiger partial charge is 0.346 e. The summed E-state index contributed by atoms with van der Waals surface area (Å²) in [6.07, 6.45) is 3.34. The lowest BCUT2D eigenvalue weighted by atomic mass is 10.0. The van der Waals surface area contributed by atoms with Gasteiger partial charge in [-0.1, -0.05) is 60.7 Å². The Morgan fingerprint density at radius 2 is 1.00 bits per heavy atom. The van der Waals surface area contributed by atoms with Crippen LogP contribution in [0.2, 0.25) is 0 Å². The fourth-order valence-electron chi connectivity index (χ4n) is 2.12. The van der Waals surface area contributed by atoms with E-state index in [0.29, 0.717) is 0 Å². The molecule has 0 aliphatic carbocycles. The van der Waals surface area contributed by atoms with Crippen molar-refractivity contribution in [1.82, 2.24) is 0 Å². The number of rotatable bonds is 2. The van der Waals surface area contributed by atoms with Crippen molar-refractivity contribution < 1.29 is 14.3 Å². The standard InChI is InChI=1S/C18H12O3/c19-17-15(11-13-7-3-1-4-8-13)16(18(20)21-17)12-14-9-5-2-6-10-14/h1-12H/b15-11-,16-12-. The molecule has 2 aromatic carbocycles. The van der Waals surface area contributed by atoms with Gasteiger partial charge in [-0.05, 0) is 23.3 Å². The van der Waals surface area contributed by atoms with Gasteiger partial charge in [0.05, 0.1) is 11.1 Å². The molecule has 2 aromatic rings. The molecule has 0 radical (unpaired) electrons. The van der Waals surface area contributed by atoms with Gasteiger partial charge in [0.25, 0.3) is 0 Å². The molecule has 0 aromatic heterocycles. The normalized spacial score (nSPS) is 18.3. The van der Waals surface area contributed by atoms with Crippen LogP contribution in [0.15, 0.2) is 71.8 Å². The third-order valence-electron chi connectivity index (χ3n) is 3.14. The molecule has 0 atom stereocenters. The monoisotopic (exact) mass is 276 g/mol. The van der Waals surface area contributed by atoms with Crippen molar-refractivity contribution in [1.29, 1.82) is 0 Å². The zero-order chi connectivity index (χ0) is 14.7. The fraction of sp³-hybridized carbons (Fsp3) is 0. The summed E-state index contributed by atoms with van der Waals surface area (Å²) in [5.74, 6) is -1.21. The van der Waals surface area contributed by atoms with Crippen LogP contribution in [0.5, 0.6) is 0 Å². The van der Waals surface area contributed by atoms with Gasteiger partial charge in [-0.15, -0.1) is 0 Å². The van der Waals surface area contributed by atoms with E-state index in [4.69, 9.17) is 4.74 Å². The van der Waals surface area contributed by atoms with Crippen molar-refractivity contribution in [2.24, 2.45) is 0 Å². The van der Waals surface area contributed by atoms with Gasteiger partial charge in [0.1, 0.15) is 0 Å². The highest BCUT2D eigenvalue weighted by molar-refractivity contribution is 6.22. The first kappa shape index (κ1) is 13.1. The average Bonchev–Trinajstić information content (AvgIpc) is 2.76. The summed E-state index contributed by atoms with van der Waals surface area (Å²) in [7, 11) is 0. The summed E-state index contributed by atoms with van der Waals surface area (Å²) < 4.78 is 4.72. The second-order valence-corrected chi connectivity index (χ2v) is 4.61. The third kappa shape index (κ3) is 2.82. The summed E-state index contributed by atoms with van der Waals surface area (Å²) >= 11 is 0. The molecule has 0 amide bonds. The summed E-state index contributed by atoms with van der Waals surface area (Å²) in [6, 6.07) is 18.7. The largest absolute Gasteiger partial charge is 0.386 e. The Morgan fingerprint density at radius 3 is 1.38 bits per heavy atom. The topological polar surface area (TPSA) is 43.4 Å². The van der Waals surface area contributed by atoms with Crippen LogP contribution < -0.4 is 0 Å². The Kier molecular flexibility index (Phi) is 3.48. The number of hydrogen-bond acceptors (Lipinski definition) is 3. The molecule has 3 rings (SSSR count). The zero-order valence-electron chi connectivity index (χ0n) is 11.2. The van der Waals surface area contributed by atoms with Gasteiger partial charge in [0.15, 0.2) is 0 Å². The third-order valence-corrected chi connectivity index (χ3v) is 3.14. The van der Waals surface area contributed by atoms with E-state index in [9.17, 15) is 9.59 Å². The molecular formula is C18H12O3. The summed E-state index contributed by atoms with van der Waals surface area (Å²) in [4.78, 5) is 23.7. The molecule has 102 valence electrons. The van der Waals surface area contributed by atoms with E-state index in [1.165, 1.54) is 0 Å². The van der Waals surface area contributed by atoms with Gasteiger partial charge in [0.2, 0.25) is 0 Å². The predicted molar refractivity (Wildman–Crippen MR) is 79.9 cm³/mol. The predicted octanol–water partition coefficient (Wildman–Crippen LogP) is 3.24. The van der Waals surface area contributed by atoms with E-state index in [2.05, 4.69) is 0 Å². The van der Waals surface area contributed by atoms with E-state index in [0.717, 1.165) is 11.1 Å². The summed E-state index contributed by atoms with van der Waals surface area (Å²) in [6.45, 7) is 0. The first-order valence-corrected chi connectivity index (χ1v) is 6.54. The van der Waals surface area contributed by atoms with Crippen molar-refractivity contribution in [2.75, 3.05) is 0 Å². The minimum absolute atomic E-state index is 0.287. The molecule has 0 N–H and O–H groups in total. The SMILES string of the molecule is O=C1OC(=O)C(=C\c2ccccc2)/C1=C/c1ccccc1. The van der Waals surface area contributed by atoms with Crippen LogP contribution in [0.1, 0.15) is 11.1 Å². The Morgan fingerprint density at radius 1 is 0.619 bits per heavy atom. The zero-order valence-corrected chi connectivity index (χ0v) is 11.2. The van der Waals surface area contributed by atoms with E-state index in [1.807, 2.05) is 60.7 Å².